The molecular formula is C26H32ClN3O5. The normalized spacial score (nSPS) is 18.7. The summed E-state index contributed by atoms with van der Waals surface area (Å²) in [6.45, 7) is 5.74. The zero-order chi connectivity index (χ0) is 24.7. The van der Waals surface area contributed by atoms with Gasteiger partial charge in [0.05, 0.1) is 33.1 Å². The summed E-state index contributed by atoms with van der Waals surface area (Å²) >= 11 is 5.94. The topological polar surface area (TPSA) is 78.2 Å². The van der Waals surface area contributed by atoms with E-state index in [0.717, 1.165) is 11.1 Å². The summed E-state index contributed by atoms with van der Waals surface area (Å²) in [5.41, 5.74) is 1.03. The highest BCUT2D eigenvalue weighted by molar-refractivity contribution is 6.30. The fraction of sp³-hybridized carbons (Fsp3) is 0.423. The highest BCUT2D eigenvalue weighted by Crippen LogP contribution is 2.29. The molecule has 188 valence electrons. The van der Waals surface area contributed by atoms with Crippen LogP contribution in [0.2, 0.25) is 5.02 Å². The van der Waals surface area contributed by atoms with Crippen LogP contribution in [0.1, 0.15) is 11.1 Å². The highest BCUT2D eigenvalue weighted by Gasteiger charge is 2.33. The molecule has 1 unspecified atom stereocenters. The van der Waals surface area contributed by atoms with Gasteiger partial charge in [-0.3, -0.25) is 9.58 Å². The number of methoxy groups -OCH3 is 1. The van der Waals surface area contributed by atoms with E-state index in [2.05, 4.69) is 10.00 Å². The molecule has 1 saturated heterocycles. The molecule has 2 aromatic carbocycles. The van der Waals surface area contributed by atoms with Crippen LogP contribution < -0.4 is 14.2 Å². The average molecular weight is 502 g/mol. The Hall–Kier alpha value is -2.78. The predicted octanol–water partition coefficient (Wildman–Crippen LogP) is 3.57. The molecule has 1 aromatic heterocycles. The Balaban J connectivity index is 1.37. The SMILES string of the molecule is COc1ccc(CN2CCOCC(O)(COc3ccc(Cl)cc3)C2)cc1OCCn1cc(C)cn1. The summed E-state index contributed by atoms with van der Waals surface area (Å²) in [7, 11) is 1.63. The Morgan fingerprint density at radius 3 is 2.71 bits per heavy atom. The third kappa shape index (κ3) is 7.35. The molecule has 4 rings (SSSR count). The molecule has 0 saturated carbocycles. The van der Waals surface area contributed by atoms with Crippen molar-refractivity contribution in [2.45, 2.75) is 25.6 Å². The molecular weight excluding hydrogens is 470 g/mol. The molecule has 1 aliphatic rings. The molecule has 1 N–H and O–H groups in total. The molecule has 1 atom stereocenters. The zero-order valence-electron chi connectivity index (χ0n) is 20.2. The van der Waals surface area contributed by atoms with Crippen LogP contribution in [0.15, 0.2) is 54.9 Å². The van der Waals surface area contributed by atoms with Crippen LogP contribution >= 0.6 is 11.6 Å². The maximum atomic E-state index is 11.2. The lowest BCUT2D eigenvalue weighted by Gasteiger charge is -2.30. The van der Waals surface area contributed by atoms with Gasteiger partial charge < -0.3 is 24.1 Å². The van der Waals surface area contributed by atoms with Crippen molar-refractivity contribution in [3.05, 3.63) is 71.0 Å². The highest BCUT2D eigenvalue weighted by atomic mass is 35.5. The Morgan fingerprint density at radius 2 is 1.97 bits per heavy atom. The number of hydrogen-bond donors (Lipinski definition) is 1. The van der Waals surface area contributed by atoms with E-state index in [-0.39, 0.29) is 13.2 Å². The van der Waals surface area contributed by atoms with Gasteiger partial charge in [0.1, 0.15) is 24.6 Å². The fourth-order valence-corrected chi connectivity index (χ4v) is 4.12. The summed E-state index contributed by atoms with van der Waals surface area (Å²) in [5.74, 6) is 2.01. The third-order valence-electron chi connectivity index (χ3n) is 5.74. The molecule has 35 heavy (non-hydrogen) atoms. The van der Waals surface area contributed by atoms with Crippen LogP contribution in [0.3, 0.4) is 0 Å². The first-order chi connectivity index (χ1) is 16.9. The lowest BCUT2D eigenvalue weighted by molar-refractivity contribution is -0.0646. The lowest BCUT2D eigenvalue weighted by Crippen LogP contribution is -2.48. The quantitative estimate of drug-likeness (QED) is 0.455. The summed E-state index contributed by atoms with van der Waals surface area (Å²) in [5, 5.41) is 16.1. The van der Waals surface area contributed by atoms with Crippen LogP contribution in [0.5, 0.6) is 17.2 Å². The number of aliphatic hydroxyl groups is 1. The van der Waals surface area contributed by atoms with Gasteiger partial charge in [-0.2, -0.15) is 5.10 Å². The number of halogens is 1. The molecule has 0 bridgehead atoms. The van der Waals surface area contributed by atoms with Crippen LogP contribution in [-0.2, 0) is 17.8 Å². The number of benzene rings is 2. The molecule has 1 fully saturated rings. The first kappa shape index (κ1) is 25.3. The molecule has 8 nitrogen and oxygen atoms in total. The second-order valence-corrected chi connectivity index (χ2v) is 9.28. The summed E-state index contributed by atoms with van der Waals surface area (Å²) in [6, 6.07) is 13.0. The number of nitrogens with zero attached hydrogens (tertiary/aromatic N) is 3. The Morgan fingerprint density at radius 1 is 1.14 bits per heavy atom. The number of β-amino-alcohol motifs (C(OH)–C–C–N with tert-alkyl or cyclic N) is 1. The van der Waals surface area contributed by atoms with Crippen molar-refractivity contribution >= 4 is 11.6 Å². The standard InChI is InChI=1S/C26H32ClN3O5/c1-20-14-28-30(15-20)10-12-34-25-13-21(3-8-24(25)32-2)16-29-9-11-33-18-26(31,17-29)19-35-23-6-4-22(27)5-7-23/h3-8,13-15,31H,9-12,16-19H2,1-2H3. The van der Waals surface area contributed by atoms with E-state index in [4.69, 9.17) is 30.5 Å². The van der Waals surface area contributed by atoms with Gasteiger partial charge in [0.2, 0.25) is 0 Å². The van der Waals surface area contributed by atoms with Crippen LogP contribution in [-0.4, -0.2) is 72.0 Å². The second-order valence-electron chi connectivity index (χ2n) is 8.84. The molecule has 0 spiro atoms. The molecule has 0 radical (unpaired) electrons. The van der Waals surface area contributed by atoms with Gasteiger partial charge in [0.15, 0.2) is 11.5 Å². The van der Waals surface area contributed by atoms with E-state index in [9.17, 15) is 5.11 Å². The van der Waals surface area contributed by atoms with Crippen molar-refractivity contribution in [2.75, 3.05) is 46.6 Å². The monoisotopic (exact) mass is 501 g/mol. The lowest BCUT2D eigenvalue weighted by atomic mass is 10.1. The van der Waals surface area contributed by atoms with Gasteiger partial charge in [-0.1, -0.05) is 17.7 Å². The molecule has 9 heteroatoms. The molecule has 0 amide bonds. The summed E-state index contributed by atoms with van der Waals surface area (Å²) < 4.78 is 24.9. The van der Waals surface area contributed by atoms with E-state index in [1.54, 1.807) is 31.4 Å². The Labute approximate surface area is 210 Å². The van der Waals surface area contributed by atoms with E-state index in [0.29, 0.717) is 61.7 Å². The number of rotatable bonds is 10. The van der Waals surface area contributed by atoms with Crippen molar-refractivity contribution in [1.82, 2.24) is 14.7 Å². The second kappa shape index (κ2) is 11.8. The molecule has 1 aliphatic heterocycles. The van der Waals surface area contributed by atoms with E-state index in [1.165, 1.54) is 0 Å². The van der Waals surface area contributed by atoms with Gasteiger partial charge in [-0.15, -0.1) is 0 Å². The van der Waals surface area contributed by atoms with Gasteiger partial charge in [0, 0.05) is 30.9 Å². The minimum atomic E-state index is -1.14. The van der Waals surface area contributed by atoms with Gasteiger partial charge in [-0.25, -0.2) is 0 Å². The Kier molecular flexibility index (Phi) is 8.51. The van der Waals surface area contributed by atoms with Crippen LogP contribution in [0, 0.1) is 6.92 Å². The minimum absolute atomic E-state index is 0.120. The van der Waals surface area contributed by atoms with Crippen molar-refractivity contribution in [3.63, 3.8) is 0 Å². The molecule has 2 heterocycles. The summed E-state index contributed by atoms with van der Waals surface area (Å²) in [4.78, 5) is 2.16. The van der Waals surface area contributed by atoms with E-state index < -0.39 is 5.60 Å². The third-order valence-corrected chi connectivity index (χ3v) is 5.99. The largest absolute Gasteiger partial charge is 0.493 e. The number of aryl methyl sites for hydroxylation is 1. The van der Waals surface area contributed by atoms with E-state index >= 15 is 0 Å². The van der Waals surface area contributed by atoms with Gasteiger partial charge in [-0.05, 0) is 54.4 Å². The maximum Gasteiger partial charge on any atom is 0.161 e. The molecule has 0 aliphatic carbocycles. The van der Waals surface area contributed by atoms with Gasteiger partial charge >= 0.3 is 0 Å². The number of hydrogen-bond acceptors (Lipinski definition) is 7. The number of ether oxygens (including phenoxy) is 4. The number of aromatic nitrogens is 2. The van der Waals surface area contributed by atoms with E-state index in [1.807, 2.05) is 42.2 Å². The minimum Gasteiger partial charge on any atom is -0.493 e. The first-order valence-electron chi connectivity index (χ1n) is 11.6. The first-order valence-corrected chi connectivity index (χ1v) is 12.0. The zero-order valence-corrected chi connectivity index (χ0v) is 20.9. The molecule has 3 aromatic rings. The van der Waals surface area contributed by atoms with Crippen molar-refractivity contribution < 1.29 is 24.1 Å². The van der Waals surface area contributed by atoms with Crippen LogP contribution in [0.25, 0.3) is 0 Å². The average Bonchev–Trinajstić information content (AvgIpc) is 3.17. The smallest absolute Gasteiger partial charge is 0.161 e. The van der Waals surface area contributed by atoms with Crippen molar-refractivity contribution in [3.8, 4) is 17.2 Å². The summed E-state index contributed by atoms with van der Waals surface area (Å²) in [6.07, 6.45) is 3.81. The van der Waals surface area contributed by atoms with Gasteiger partial charge in [0.25, 0.3) is 0 Å². The predicted molar refractivity (Wildman–Crippen MR) is 133 cm³/mol. The fourth-order valence-electron chi connectivity index (χ4n) is 4.00. The van der Waals surface area contributed by atoms with Crippen molar-refractivity contribution in [2.24, 2.45) is 0 Å². The maximum absolute atomic E-state index is 11.2. The van der Waals surface area contributed by atoms with Crippen LogP contribution in [0.4, 0.5) is 0 Å². The van der Waals surface area contributed by atoms with Crippen molar-refractivity contribution in [1.29, 1.82) is 0 Å². The Bertz CT molecular complexity index is 1090.